The molecule has 2 N–H and O–H groups in total. The zero-order valence-corrected chi connectivity index (χ0v) is 25.6. The van der Waals surface area contributed by atoms with Crippen molar-refractivity contribution in [3.05, 3.63) is 91.3 Å². The Bertz CT molecular complexity index is 1910. The summed E-state index contributed by atoms with van der Waals surface area (Å²) in [5.74, 6) is -0.677. The molecule has 0 unspecified atom stereocenters. The summed E-state index contributed by atoms with van der Waals surface area (Å²) in [6.45, 7) is 6.84. The molecule has 0 saturated heterocycles. The lowest BCUT2D eigenvalue weighted by Gasteiger charge is -2.04. The number of carbonyl (C=O) groups is 3. The molecule has 5 heterocycles. The maximum absolute atomic E-state index is 12.8. The first-order valence-corrected chi connectivity index (χ1v) is 14.3. The van der Waals surface area contributed by atoms with Gasteiger partial charge in [-0.1, -0.05) is 0 Å². The Kier molecular flexibility index (Phi) is 8.44. The highest BCUT2D eigenvalue weighted by atomic mass is 16.5. The van der Waals surface area contributed by atoms with Crippen molar-refractivity contribution in [1.82, 2.24) is 4.98 Å². The summed E-state index contributed by atoms with van der Waals surface area (Å²) in [6.07, 6.45) is 10.4. The van der Waals surface area contributed by atoms with E-state index in [4.69, 9.17) is 24.5 Å². The molecule has 4 aliphatic heterocycles. The number of Topliss-reactive ketones (excluding diaryl/α,β-unsaturated/α-hetero) is 1. The number of aliphatic hydroxyl groups excluding tert-OH is 1. The van der Waals surface area contributed by atoms with Gasteiger partial charge in [-0.15, -0.1) is 0 Å². The Balaban J connectivity index is 1.77. The second kappa shape index (κ2) is 12.2. The van der Waals surface area contributed by atoms with Gasteiger partial charge in [-0.25, -0.2) is 15.0 Å². The minimum Gasteiger partial charge on any atom is -0.512 e. The predicted molar refractivity (Wildman–Crippen MR) is 169 cm³/mol. The number of ketones is 1. The van der Waals surface area contributed by atoms with Crippen LogP contribution >= 0.6 is 0 Å². The highest BCUT2D eigenvalue weighted by Gasteiger charge is 2.27. The molecule has 0 saturated carbocycles. The zero-order valence-electron chi connectivity index (χ0n) is 25.6. The first-order valence-electron chi connectivity index (χ1n) is 14.3. The van der Waals surface area contributed by atoms with E-state index < -0.39 is 0 Å². The maximum atomic E-state index is 12.8. The molecule has 8 bridgehead atoms. The quantitative estimate of drug-likeness (QED) is 0.364. The molecular formula is C34H34N4O6. The van der Waals surface area contributed by atoms with Crippen LogP contribution in [-0.4, -0.2) is 59.2 Å². The van der Waals surface area contributed by atoms with Crippen molar-refractivity contribution in [2.24, 2.45) is 15.0 Å². The fourth-order valence-corrected chi connectivity index (χ4v) is 5.65. The van der Waals surface area contributed by atoms with Crippen LogP contribution in [0, 0.1) is 0 Å². The molecule has 5 rings (SSSR count). The van der Waals surface area contributed by atoms with Crippen LogP contribution in [0.3, 0.4) is 0 Å². The summed E-state index contributed by atoms with van der Waals surface area (Å²) in [5, 5.41) is 12.0. The standard InChI is InChI=1S/C34H34N4O6/c1-17-25-13-23-11-21(7-9-31(41)43-5)27(35-23)16-28-22(8-10-32(42)44-6)12-24(36-28)14-29-33(19(3)39)18(2)26(38-29)15-30(37-25)34(17)20(4)40/h11-16,36,40H,7-10H2,1-6H3/b23-13?,24-14?,26-15?,28-16?,34-20-. The number of aliphatic imine (C=N–C) groups is 3. The van der Waals surface area contributed by atoms with E-state index in [1.165, 1.54) is 21.1 Å². The molecule has 0 spiro atoms. The predicted octanol–water partition coefficient (Wildman–Crippen LogP) is 3.72. The Morgan fingerprint density at radius 3 is 2.18 bits per heavy atom. The van der Waals surface area contributed by atoms with Crippen molar-refractivity contribution in [3.8, 4) is 0 Å². The number of aromatic nitrogens is 1. The number of H-pyrrole nitrogens is 1. The van der Waals surface area contributed by atoms with Gasteiger partial charge in [0, 0.05) is 34.7 Å². The largest absolute Gasteiger partial charge is 0.512 e. The lowest BCUT2D eigenvalue weighted by molar-refractivity contribution is -0.141. The number of carbonyl (C=O) groups excluding carboxylic acids is 3. The molecular weight excluding hydrogens is 560 g/mol. The van der Waals surface area contributed by atoms with Gasteiger partial charge in [-0.3, -0.25) is 14.4 Å². The van der Waals surface area contributed by atoms with E-state index in [0.29, 0.717) is 69.1 Å². The van der Waals surface area contributed by atoms with Gasteiger partial charge in [0.1, 0.15) is 0 Å². The van der Waals surface area contributed by atoms with Crippen LogP contribution < -0.4 is 10.7 Å². The fraction of sp³-hybridized carbons (Fsp3) is 0.294. The van der Waals surface area contributed by atoms with Gasteiger partial charge in [0.2, 0.25) is 0 Å². The van der Waals surface area contributed by atoms with E-state index in [2.05, 4.69) is 4.98 Å². The number of nitrogens with one attached hydrogen (secondary N) is 1. The topological polar surface area (TPSA) is 143 Å². The maximum Gasteiger partial charge on any atom is 0.305 e. The lowest BCUT2D eigenvalue weighted by Crippen LogP contribution is -2.17. The van der Waals surface area contributed by atoms with Crippen molar-refractivity contribution in [1.29, 1.82) is 0 Å². The van der Waals surface area contributed by atoms with Gasteiger partial charge in [0.05, 0.1) is 54.2 Å². The third-order valence-corrected chi connectivity index (χ3v) is 7.87. The summed E-state index contributed by atoms with van der Waals surface area (Å²) in [4.78, 5) is 54.8. The van der Waals surface area contributed by atoms with Crippen molar-refractivity contribution in [3.63, 3.8) is 0 Å². The van der Waals surface area contributed by atoms with E-state index in [9.17, 15) is 19.5 Å². The van der Waals surface area contributed by atoms with Gasteiger partial charge in [-0.05, 0) is 99.3 Å². The molecule has 10 heteroatoms. The molecule has 0 atom stereocenters. The SMILES string of the molecule is COC(=O)CCC1=CC2=CC3=C(C)/C(=C(\C)O)C(=N3)C=C3N=C(C=c4cc(CCC(=O)OC)c([nH]4)=CC1=N2)C(C(C)=O)=C3C. The number of allylic oxidation sites excluding steroid dienone is 9. The number of rotatable bonds is 7. The number of methoxy groups -OCH3 is 2. The smallest absolute Gasteiger partial charge is 0.305 e. The molecule has 0 fully saturated rings. The average Bonchev–Trinajstić information content (AvgIpc) is 3.70. The molecule has 10 nitrogen and oxygen atoms in total. The van der Waals surface area contributed by atoms with Gasteiger partial charge in [0.25, 0.3) is 0 Å². The monoisotopic (exact) mass is 594 g/mol. The molecule has 1 aromatic rings. The van der Waals surface area contributed by atoms with Crippen molar-refractivity contribution in [2.45, 2.75) is 53.4 Å². The Hall–Kier alpha value is -5.12. The number of aliphatic hydroxyl groups is 1. The van der Waals surface area contributed by atoms with Gasteiger partial charge in [-0.2, -0.15) is 0 Å². The summed E-state index contributed by atoms with van der Waals surface area (Å²) in [7, 11) is 2.71. The van der Waals surface area contributed by atoms with Gasteiger partial charge < -0.3 is 19.6 Å². The van der Waals surface area contributed by atoms with Crippen molar-refractivity contribution >= 4 is 47.0 Å². The molecule has 1 aromatic heterocycles. The second-order valence-corrected chi connectivity index (χ2v) is 10.9. The van der Waals surface area contributed by atoms with E-state index in [-0.39, 0.29) is 36.3 Å². The summed E-state index contributed by atoms with van der Waals surface area (Å²) < 4.78 is 9.73. The number of fused-ring (bicyclic) bond motifs is 5. The zero-order chi connectivity index (χ0) is 31.7. The Morgan fingerprint density at radius 1 is 0.818 bits per heavy atom. The number of hydrogen-bond acceptors (Lipinski definition) is 9. The number of aromatic amines is 1. The third-order valence-electron chi connectivity index (χ3n) is 7.87. The van der Waals surface area contributed by atoms with Crippen molar-refractivity contribution in [2.75, 3.05) is 14.2 Å². The molecule has 4 aliphatic rings. The molecule has 226 valence electrons. The van der Waals surface area contributed by atoms with Gasteiger partial charge >= 0.3 is 11.9 Å². The normalized spacial score (nSPS) is 18.4. The molecule has 0 aromatic carbocycles. The highest BCUT2D eigenvalue weighted by molar-refractivity contribution is 6.35. The summed E-state index contributed by atoms with van der Waals surface area (Å²) >= 11 is 0. The Morgan fingerprint density at radius 2 is 1.52 bits per heavy atom. The van der Waals surface area contributed by atoms with Gasteiger partial charge in [0.15, 0.2) is 5.78 Å². The first-order chi connectivity index (χ1) is 21.0. The third kappa shape index (κ3) is 6.01. The first kappa shape index (κ1) is 30.3. The van der Waals surface area contributed by atoms with Crippen molar-refractivity contribution < 1.29 is 29.0 Å². The minimum absolute atomic E-state index is 0.114. The highest BCUT2D eigenvalue weighted by Crippen LogP contribution is 2.34. The molecule has 0 radical (unpaired) electrons. The van der Waals surface area contributed by atoms with Crippen LogP contribution in [0.15, 0.2) is 90.0 Å². The number of nitrogens with zero attached hydrogens (tertiary/aromatic N) is 3. The van der Waals surface area contributed by atoms with Crippen LogP contribution in [0.5, 0.6) is 0 Å². The van der Waals surface area contributed by atoms with Crippen LogP contribution in [-0.2, 0) is 30.3 Å². The number of ether oxygens (including phenoxy) is 2. The van der Waals surface area contributed by atoms with Crippen LogP contribution in [0.1, 0.15) is 52.5 Å². The fourth-order valence-electron chi connectivity index (χ4n) is 5.65. The number of hydrogen-bond donors (Lipinski definition) is 2. The van der Waals surface area contributed by atoms with Crippen LogP contribution in [0.2, 0.25) is 0 Å². The minimum atomic E-state index is -0.332. The molecule has 44 heavy (non-hydrogen) atoms. The Labute approximate surface area is 254 Å². The van der Waals surface area contributed by atoms with E-state index in [1.54, 1.807) is 19.1 Å². The van der Waals surface area contributed by atoms with Crippen LogP contribution in [0.4, 0.5) is 0 Å². The average molecular weight is 595 g/mol. The number of esters is 2. The summed E-state index contributed by atoms with van der Waals surface area (Å²) in [5.41, 5.74) is 7.75. The number of aryl methyl sites for hydroxylation is 1. The van der Waals surface area contributed by atoms with Crippen LogP contribution in [0.25, 0.3) is 12.2 Å². The van der Waals surface area contributed by atoms with E-state index in [1.807, 2.05) is 38.1 Å². The molecule has 0 aliphatic carbocycles. The summed E-state index contributed by atoms with van der Waals surface area (Å²) in [6, 6.07) is 1.92. The molecule has 0 amide bonds. The van der Waals surface area contributed by atoms with E-state index in [0.717, 1.165) is 22.1 Å². The lowest BCUT2D eigenvalue weighted by atomic mass is 9.98. The second-order valence-electron chi connectivity index (χ2n) is 10.9. The van der Waals surface area contributed by atoms with E-state index >= 15 is 0 Å².